The van der Waals surface area contributed by atoms with E-state index in [2.05, 4.69) is 5.32 Å². The molecular weight excluding hydrogens is 240 g/mol. The van der Waals surface area contributed by atoms with Crippen LogP contribution in [-0.4, -0.2) is 61.1 Å². The van der Waals surface area contributed by atoms with E-state index < -0.39 is 23.9 Å². The molecule has 0 heterocycles. The van der Waals surface area contributed by atoms with Crippen molar-refractivity contribution >= 4 is 17.8 Å². The number of aliphatic carboxylic acids is 1. The Morgan fingerprint density at radius 2 is 1.94 bits per heavy atom. The third-order valence-electron chi connectivity index (χ3n) is 2.09. The zero-order valence-corrected chi connectivity index (χ0v) is 10.9. The van der Waals surface area contributed by atoms with Crippen LogP contribution in [0.15, 0.2) is 0 Å². The van der Waals surface area contributed by atoms with Crippen molar-refractivity contribution in [1.29, 1.82) is 0 Å². The van der Waals surface area contributed by atoms with E-state index in [1.54, 1.807) is 0 Å². The maximum atomic E-state index is 11.6. The molecular formula is C11H20N2O5. The number of esters is 1. The van der Waals surface area contributed by atoms with Gasteiger partial charge in [-0.3, -0.25) is 9.59 Å². The van der Waals surface area contributed by atoms with E-state index in [0.29, 0.717) is 6.54 Å². The van der Waals surface area contributed by atoms with E-state index >= 15 is 0 Å². The van der Waals surface area contributed by atoms with Gasteiger partial charge in [0.15, 0.2) is 0 Å². The van der Waals surface area contributed by atoms with Crippen LogP contribution in [0, 0.1) is 0 Å². The van der Waals surface area contributed by atoms with Crippen molar-refractivity contribution in [2.45, 2.75) is 25.8 Å². The number of rotatable bonds is 8. The molecule has 0 bridgehead atoms. The van der Waals surface area contributed by atoms with E-state index in [1.165, 1.54) is 6.92 Å². The predicted molar refractivity (Wildman–Crippen MR) is 64.0 cm³/mol. The fourth-order valence-electron chi connectivity index (χ4n) is 1.19. The molecule has 0 aliphatic carbocycles. The number of carbonyl (C=O) groups is 3. The number of ether oxygens (including phenoxy) is 1. The maximum Gasteiger partial charge on any atom is 0.328 e. The zero-order chi connectivity index (χ0) is 14.1. The number of amides is 1. The molecule has 0 aromatic heterocycles. The van der Waals surface area contributed by atoms with Crippen molar-refractivity contribution in [3.8, 4) is 0 Å². The van der Waals surface area contributed by atoms with Gasteiger partial charge in [-0.2, -0.15) is 0 Å². The summed E-state index contributed by atoms with van der Waals surface area (Å²) in [6.45, 7) is 2.04. The number of carboxylic acids is 1. The zero-order valence-electron chi connectivity index (χ0n) is 10.9. The summed E-state index contributed by atoms with van der Waals surface area (Å²) in [5.74, 6) is -2.02. The molecule has 0 aliphatic heterocycles. The quantitative estimate of drug-likeness (QED) is 0.569. The van der Waals surface area contributed by atoms with Crippen LogP contribution in [0.4, 0.5) is 0 Å². The fourth-order valence-corrected chi connectivity index (χ4v) is 1.19. The molecule has 0 aromatic rings. The Kier molecular flexibility index (Phi) is 7.69. The third-order valence-corrected chi connectivity index (χ3v) is 2.09. The Morgan fingerprint density at radius 1 is 1.33 bits per heavy atom. The van der Waals surface area contributed by atoms with Crippen LogP contribution in [-0.2, 0) is 19.1 Å². The molecule has 0 rings (SSSR count). The number of carboxylic acid groups (broad SMARTS) is 1. The van der Waals surface area contributed by atoms with Crippen LogP contribution in [0.3, 0.4) is 0 Å². The minimum Gasteiger partial charge on any atom is -0.481 e. The van der Waals surface area contributed by atoms with Crippen LogP contribution >= 0.6 is 0 Å². The summed E-state index contributed by atoms with van der Waals surface area (Å²) >= 11 is 0. The number of likely N-dealkylation sites (N-methyl/N-ethyl adjacent to an activating group) is 1. The standard InChI is InChI=1S/C11H20N2O5/c1-8(14)12-9(4-5-10(15)16)11(17)18-7-6-13(2)3/h9H,4-7H2,1-3H3,(H,12,14)(H,15,16). The second kappa shape index (κ2) is 8.46. The van der Waals surface area contributed by atoms with Gasteiger partial charge in [-0.15, -0.1) is 0 Å². The summed E-state index contributed by atoms with van der Waals surface area (Å²) in [6.07, 6.45) is -0.177. The lowest BCUT2D eigenvalue weighted by molar-refractivity contribution is -0.148. The SMILES string of the molecule is CC(=O)NC(CCC(=O)O)C(=O)OCCN(C)C. The summed E-state index contributed by atoms with van der Waals surface area (Å²) in [6, 6.07) is -0.902. The van der Waals surface area contributed by atoms with Gasteiger partial charge in [0.2, 0.25) is 5.91 Å². The average molecular weight is 260 g/mol. The highest BCUT2D eigenvalue weighted by molar-refractivity contribution is 5.83. The molecule has 0 saturated heterocycles. The molecule has 0 radical (unpaired) electrons. The summed E-state index contributed by atoms with van der Waals surface area (Å²) in [5.41, 5.74) is 0. The number of nitrogens with one attached hydrogen (secondary N) is 1. The minimum absolute atomic E-state index is 0.0235. The Balaban J connectivity index is 4.21. The van der Waals surface area contributed by atoms with Crippen LogP contribution in [0.2, 0.25) is 0 Å². The van der Waals surface area contributed by atoms with Crippen molar-refractivity contribution in [3.05, 3.63) is 0 Å². The second-order valence-electron chi connectivity index (χ2n) is 4.16. The molecule has 104 valence electrons. The molecule has 0 saturated carbocycles. The van der Waals surface area contributed by atoms with Gasteiger partial charge in [0.25, 0.3) is 0 Å². The van der Waals surface area contributed by atoms with E-state index in [0.717, 1.165) is 0 Å². The van der Waals surface area contributed by atoms with Gasteiger partial charge in [0.1, 0.15) is 12.6 Å². The first-order chi connectivity index (χ1) is 8.32. The van der Waals surface area contributed by atoms with Crippen molar-refractivity contribution < 1.29 is 24.2 Å². The second-order valence-corrected chi connectivity index (χ2v) is 4.16. The van der Waals surface area contributed by atoms with E-state index in [9.17, 15) is 14.4 Å². The lowest BCUT2D eigenvalue weighted by atomic mass is 10.1. The monoisotopic (exact) mass is 260 g/mol. The normalized spacial score (nSPS) is 12.0. The van der Waals surface area contributed by atoms with Crippen LogP contribution in [0.25, 0.3) is 0 Å². The largest absolute Gasteiger partial charge is 0.481 e. The molecule has 7 heteroatoms. The maximum absolute atomic E-state index is 11.6. The number of hydrogen-bond acceptors (Lipinski definition) is 5. The van der Waals surface area contributed by atoms with Crippen molar-refractivity contribution in [3.63, 3.8) is 0 Å². The molecule has 1 unspecified atom stereocenters. The highest BCUT2D eigenvalue weighted by Crippen LogP contribution is 2.01. The first kappa shape index (κ1) is 16.4. The summed E-state index contributed by atoms with van der Waals surface area (Å²) in [7, 11) is 3.67. The van der Waals surface area contributed by atoms with Gasteiger partial charge in [-0.25, -0.2) is 4.79 Å². The van der Waals surface area contributed by atoms with Crippen LogP contribution < -0.4 is 5.32 Å². The number of hydrogen-bond donors (Lipinski definition) is 2. The van der Waals surface area contributed by atoms with Crippen LogP contribution in [0.5, 0.6) is 0 Å². The first-order valence-electron chi connectivity index (χ1n) is 5.63. The minimum atomic E-state index is -1.02. The third kappa shape index (κ3) is 8.51. The average Bonchev–Trinajstić information content (AvgIpc) is 2.22. The summed E-state index contributed by atoms with van der Waals surface area (Å²) in [4.78, 5) is 34.8. The van der Waals surface area contributed by atoms with E-state index in [1.807, 2.05) is 19.0 Å². The van der Waals surface area contributed by atoms with Crippen molar-refractivity contribution in [2.75, 3.05) is 27.2 Å². The van der Waals surface area contributed by atoms with Crippen LogP contribution in [0.1, 0.15) is 19.8 Å². The Hall–Kier alpha value is -1.63. The van der Waals surface area contributed by atoms with E-state index in [4.69, 9.17) is 9.84 Å². The molecule has 0 aromatic carbocycles. The fraction of sp³-hybridized carbons (Fsp3) is 0.727. The first-order valence-corrected chi connectivity index (χ1v) is 5.63. The highest BCUT2D eigenvalue weighted by atomic mass is 16.5. The molecule has 2 N–H and O–H groups in total. The summed E-state index contributed by atoms with van der Waals surface area (Å²) in [5, 5.41) is 10.9. The number of nitrogens with zero attached hydrogens (tertiary/aromatic N) is 1. The molecule has 0 fully saturated rings. The molecule has 0 spiro atoms. The summed E-state index contributed by atoms with van der Waals surface area (Å²) < 4.78 is 4.96. The van der Waals surface area contributed by atoms with E-state index in [-0.39, 0.29) is 19.4 Å². The van der Waals surface area contributed by atoms with Crippen molar-refractivity contribution in [2.24, 2.45) is 0 Å². The smallest absolute Gasteiger partial charge is 0.328 e. The van der Waals surface area contributed by atoms with Gasteiger partial charge in [0, 0.05) is 19.9 Å². The number of carbonyl (C=O) groups excluding carboxylic acids is 2. The topological polar surface area (TPSA) is 95.9 Å². The predicted octanol–water partition coefficient (Wildman–Crippen LogP) is -0.539. The Bertz CT molecular complexity index is 304. The Labute approximate surface area is 106 Å². The molecule has 1 amide bonds. The Morgan fingerprint density at radius 3 is 2.39 bits per heavy atom. The molecule has 0 aliphatic rings. The highest BCUT2D eigenvalue weighted by Gasteiger charge is 2.21. The van der Waals surface area contributed by atoms with Gasteiger partial charge >= 0.3 is 11.9 Å². The lowest BCUT2D eigenvalue weighted by Gasteiger charge is -2.17. The van der Waals surface area contributed by atoms with Gasteiger partial charge in [-0.1, -0.05) is 0 Å². The van der Waals surface area contributed by atoms with Crippen molar-refractivity contribution in [1.82, 2.24) is 10.2 Å². The van der Waals surface area contributed by atoms with Gasteiger partial charge < -0.3 is 20.1 Å². The molecule has 18 heavy (non-hydrogen) atoms. The van der Waals surface area contributed by atoms with Gasteiger partial charge in [-0.05, 0) is 20.5 Å². The lowest BCUT2D eigenvalue weighted by Crippen LogP contribution is -2.41. The van der Waals surface area contributed by atoms with Gasteiger partial charge in [0.05, 0.1) is 0 Å². The molecule has 7 nitrogen and oxygen atoms in total. The molecule has 1 atom stereocenters.